The number of hydrogen-bond donors (Lipinski definition) is 2. The van der Waals surface area contributed by atoms with E-state index in [9.17, 15) is 14.4 Å². The summed E-state index contributed by atoms with van der Waals surface area (Å²) in [5.74, 6) is -0.695. The van der Waals surface area contributed by atoms with Crippen molar-refractivity contribution >= 4 is 56.8 Å². The Balaban J connectivity index is 1.69. The van der Waals surface area contributed by atoms with E-state index in [-0.39, 0.29) is 17.7 Å². The van der Waals surface area contributed by atoms with E-state index in [1.807, 2.05) is 31.2 Å². The summed E-state index contributed by atoms with van der Waals surface area (Å²) in [6, 6.07) is 11.1. The van der Waals surface area contributed by atoms with Crippen molar-refractivity contribution in [1.29, 1.82) is 0 Å². The first-order valence-electron chi connectivity index (χ1n) is 8.62. The van der Waals surface area contributed by atoms with Crippen molar-refractivity contribution in [2.75, 3.05) is 5.32 Å². The topological polar surface area (TPSA) is 75.3 Å². The smallest absolute Gasteiger partial charge is 0.248 e. The third-order valence-corrected chi connectivity index (χ3v) is 6.36. The van der Waals surface area contributed by atoms with Crippen LogP contribution >= 0.6 is 27.3 Å². The van der Waals surface area contributed by atoms with Gasteiger partial charge in [-0.2, -0.15) is 0 Å². The van der Waals surface area contributed by atoms with Crippen LogP contribution in [0.5, 0.6) is 0 Å². The third kappa shape index (κ3) is 4.36. The van der Waals surface area contributed by atoms with Crippen molar-refractivity contribution in [1.82, 2.24) is 5.32 Å². The molecule has 3 rings (SSSR count). The van der Waals surface area contributed by atoms with Gasteiger partial charge >= 0.3 is 0 Å². The molecule has 1 aliphatic rings. The van der Waals surface area contributed by atoms with Gasteiger partial charge in [0.05, 0.1) is 9.20 Å². The zero-order chi connectivity index (χ0) is 19.4. The van der Waals surface area contributed by atoms with Crippen LogP contribution in [-0.4, -0.2) is 17.7 Å². The van der Waals surface area contributed by atoms with E-state index >= 15 is 0 Å². The van der Waals surface area contributed by atoms with Crippen LogP contribution in [0.3, 0.4) is 0 Å². The molecular formula is C20H19BrN2O3S. The monoisotopic (exact) mass is 446 g/mol. The molecule has 5 nitrogen and oxygen atoms in total. The highest BCUT2D eigenvalue weighted by Gasteiger charge is 2.42. The van der Waals surface area contributed by atoms with E-state index in [0.29, 0.717) is 24.9 Å². The zero-order valence-electron chi connectivity index (χ0n) is 14.8. The highest BCUT2D eigenvalue weighted by molar-refractivity contribution is 9.11. The fourth-order valence-electron chi connectivity index (χ4n) is 3.20. The summed E-state index contributed by atoms with van der Waals surface area (Å²) in [6.07, 6.45) is 4.69. The Morgan fingerprint density at radius 1 is 1.26 bits per heavy atom. The van der Waals surface area contributed by atoms with Gasteiger partial charge in [-0.25, -0.2) is 0 Å². The number of piperidine rings is 1. The SMILES string of the molecule is CCC1(c2ccc(NC(=O)/C=C/c3ccc(Br)s3)cc2)CCC(=O)NC1=O. The molecule has 7 heteroatoms. The molecule has 0 radical (unpaired) electrons. The van der Waals surface area contributed by atoms with Crippen molar-refractivity contribution in [2.45, 2.75) is 31.6 Å². The number of amides is 3. The number of hydrogen-bond acceptors (Lipinski definition) is 4. The van der Waals surface area contributed by atoms with Gasteiger partial charge in [0.25, 0.3) is 0 Å². The Morgan fingerprint density at radius 3 is 2.59 bits per heavy atom. The highest BCUT2D eigenvalue weighted by atomic mass is 79.9. The first kappa shape index (κ1) is 19.5. The molecule has 1 aromatic carbocycles. The second-order valence-corrected chi connectivity index (χ2v) is 8.85. The predicted molar refractivity (Wildman–Crippen MR) is 110 cm³/mol. The number of anilines is 1. The van der Waals surface area contributed by atoms with E-state index in [2.05, 4.69) is 26.6 Å². The molecular weight excluding hydrogens is 428 g/mol. The summed E-state index contributed by atoms with van der Waals surface area (Å²) >= 11 is 4.93. The van der Waals surface area contributed by atoms with Crippen LogP contribution in [0.2, 0.25) is 0 Å². The van der Waals surface area contributed by atoms with Crippen molar-refractivity contribution in [3.8, 4) is 0 Å². The highest BCUT2D eigenvalue weighted by Crippen LogP contribution is 2.36. The number of carbonyl (C=O) groups is 3. The lowest BCUT2D eigenvalue weighted by atomic mass is 9.72. The zero-order valence-corrected chi connectivity index (χ0v) is 17.2. The summed E-state index contributed by atoms with van der Waals surface area (Å²) in [5.41, 5.74) is 0.814. The second-order valence-electron chi connectivity index (χ2n) is 6.35. The van der Waals surface area contributed by atoms with Crippen LogP contribution in [-0.2, 0) is 19.8 Å². The summed E-state index contributed by atoms with van der Waals surface area (Å²) < 4.78 is 1.01. The number of rotatable bonds is 5. The molecule has 1 unspecified atom stereocenters. The first-order chi connectivity index (χ1) is 12.9. The number of imide groups is 1. The van der Waals surface area contributed by atoms with Gasteiger partial charge in [-0.15, -0.1) is 11.3 Å². The van der Waals surface area contributed by atoms with Gasteiger partial charge in [0.1, 0.15) is 0 Å². The number of benzene rings is 1. The van der Waals surface area contributed by atoms with Gasteiger partial charge in [0.15, 0.2) is 0 Å². The first-order valence-corrected chi connectivity index (χ1v) is 10.2. The maximum Gasteiger partial charge on any atom is 0.248 e. The van der Waals surface area contributed by atoms with Crippen LogP contribution < -0.4 is 10.6 Å². The molecule has 2 heterocycles. The van der Waals surface area contributed by atoms with Crippen molar-refractivity contribution in [2.24, 2.45) is 0 Å². The standard InChI is InChI=1S/C20H19BrN2O3S/c1-2-20(12-11-18(25)23-19(20)26)13-3-5-14(6-4-13)22-17(24)10-8-15-7-9-16(21)27-15/h3-10H,2,11-12H2,1H3,(H,22,24)(H,23,25,26)/b10-8+. The minimum atomic E-state index is -0.692. The fraction of sp³-hybridized carbons (Fsp3) is 0.250. The summed E-state index contributed by atoms with van der Waals surface area (Å²) in [4.78, 5) is 37.0. The minimum Gasteiger partial charge on any atom is -0.323 e. The summed E-state index contributed by atoms with van der Waals surface area (Å²) in [5, 5.41) is 5.25. The van der Waals surface area contributed by atoms with Gasteiger partial charge in [0, 0.05) is 23.1 Å². The molecule has 1 saturated heterocycles. The van der Waals surface area contributed by atoms with Crippen LogP contribution in [0.4, 0.5) is 5.69 Å². The lowest BCUT2D eigenvalue weighted by molar-refractivity contribution is -0.138. The molecule has 1 aromatic heterocycles. The number of halogens is 1. The average molecular weight is 447 g/mol. The Labute approximate surface area is 170 Å². The molecule has 140 valence electrons. The molecule has 1 aliphatic heterocycles. The maximum atomic E-state index is 12.4. The molecule has 0 bridgehead atoms. The Morgan fingerprint density at radius 2 is 2.00 bits per heavy atom. The van der Waals surface area contributed by atoms with E-state index in [4.69, 9.17) is 0 Å². The number of nitrogens with one attached hydrogen (secondary N) is 2. The lowest BCUT2D eigenvalue weighted by Crippen LogP contribution is -2.51. The average Bonchev–Trinajstić information content (AvgIpc) is 3.07. The predicted octanol–water partition coefficient (Wildman–Crippen LogP) is 4.25. The van der Waals surface area contributed by atoms with Crippen LogP contribution in [0.1, 0.15) is 36.6 Å². The van der Waals surface area contributed by atoms with E-state index in [1.54, 1.807) is 29.5 Å². The molecule has 3 amide bonds. The molecule has 0 aliphatic carbocycles. The van der Waals surface area contributed by atoms with Gasteiger partial charge in [-0.3, -0.25) is 19.7 Å². The Hall–Kier alpha value is -2.25. The second kappa shape index (κ2) is 8.19. The quantitative estimate of drug-likeness (QED) is 0.532. The van der Waals surface area contributed by atoms with E-state index in [0.717, 1.165) is 14.2 Å². The lowest BCUT2D eigenvalue weighted by Gasteiger charge is -2.35. The van der Waals surface area contributed by atoms with Crippen molar-refractivity contribution in [3.05, 3.63) is 56.7 Å². The molecule has 2 aromatic rings. The van der Waals surface area contributed by atoms with Gasteiger partial charge in [-0.05, 0) is 64.7 Å². The normalized spacial score (nSPS) is 19.9. The maximum absolute atomic E-state index is 12.4. The van der Waals surface area contributed by atoms with Gasteiger partial charge in [-0.1, -0.05) is 19.1 Å². The van der Waals surface area contributed by atoms with E-state index < -0.39 is 5.41 Å². The van der Waals surface area contributed by atoms with Crippen LogP contribution in [0.15, 0.2) is 46.3 Å². The summed E-state index contributed by atoms with van der Waals surface area (Å²) in [7, 11) is 0. The number of thiophene rings is 1. The van der Waals surface area contributed by atoms with Crippen molar-refractivity contribution < 1.29 is 14.4 Å². The largest absolute Gasteiger partial charge is 0.323 e. The molecule has 2 N–H and O–H groups in total. The minimum absolute atomic E-state index is 0.224. The summed E-state index contributed by atoms with van der Waals surface area (Å²) in [6.45, 7) is 1.94. The molecule has 0 saturated carbocycles. The van der Waals surface area contributed by atoms with Crippen LogP contribution in [0, 0.1) is 0 Å². The fourth-order valence-corrected chi connectivity index (χ4v) is 4.52. The Bertz CT molecular complexity index is 904. The molecule has 1 atom stereocenters. The van der Waals surface area contributed by atoms with Gasteiger partial charge < -0.3 is 5.32 Å². The third-order valence-electron chi connectivity index (χ3n) is 4.77. The molecule has 1 fully saturated rings. The number of carbonyl (C=O) groups excluding carboxylic acids is 3. The van der Waals surface area contributed by atoms with E-state index in [1.165, 1.54) is 6.08 Å². The Kier molecular flexibility index (Phi) is 5.92. The van der Waals surface area contributed by atoms with Crippen LogP contribution in [0.25, 0.3) is 6.08 Å². The van der Waals surface area contributed by atoms with Gasteiger partial charge in [0.2, 0.25) is 17.7 Å². The molecule has 27 heavy (non-hydrogen) atoms. The molecule has 0 spiro atoms. The van der Waals surface area contributed by atoms with Crippen molar-refractivity contribution in [3.63, 3.8) is 0 Å².